The highest BCUT2D eigenvalue weighted by atomic mass is 16.5. The largest absolute Gasteiger partial charge is 0.462 e. The minimum atomic E-state index is -0.131. The molecule has 4 aliphatic carbocycles. The van der Waals surface area contributed by atoms with Crippen molar-refractivity contribution in [2.75, 3.05) is 39.4 Å². The van der Waals surface area contributed by atoms with Crippen LogP contribution in [-0.2, 0) is 14.3 Å². The second-order valence-corrected chi connectivity index (χ2v) is 11.9. The first-order valence-corrected chi connectivity index (χ1v) is 13.6. The number of hydrogen-bond donors (Lipinski definition) is 0. The molecule has 5 aliphatic rings. The molecule has 0 aromatic rings. The number of allylic oxidation sites excluding steroid dienone is 1. The Morgan fingerprint density at radius 3 is 2.70 bits per heavy atom. The molecular formula is C28H44N2O3. The Kier molecular flexibility index (Phi) is 6.74. The summed E-state index contributed by atoms with van der Waals surface area (Å²) in [5.74, 6) is 2.24. The summed E-state index contributed by atoms with van der Waals surface area (Å²) >= 11 is 0. The smallest absolute Gasteiger partial charge is 0.302 e. The Morgan fingerprint density at radius 2 is 1.91 bits per heavy atom. The van der Waals surface area contributed by atoms with Crippen LogP contribution in [0.25, 0.3) is 0 Å². The van der Waals surface area contributed by atoms with Gasteiger partial charge in [-0.2, -0.15) is 0 Å². The summed E-state index contributed by atoms with van der Waals surface area (Å²) in [5.41, 5.74) is 3.74. The zero-order valence-electron chi connectivity index (χ0n) is 21.1. The van der Waals surface area contributed by atoms with Crippen molar-refractivity contribution >= 4 is 11.7 Å². The number of morpholine rings is 1. The summed E-state index contributed by atoms with van der Waals surface area (Å²) in [7, 11) is 0. The van der Waals surface area contributed by atoms with Crippen LogP contribution in [0, 0.1) is 28.6 Å². The van der Waals surface area contributed by atoms with E-state index in [1.54, 1.807) is 12.5 Å². The highest BCUT2D eigenvalue weighted by molar-refractivity contribution is 5.92. The van der Waals surface area contributed by atoms with Crippen LogP contribution in [-0.4, -0.2) is 62.1 Å². The summed E-state index contributed by atoms with van der Waals surface area (Å²) in [5, 5.41) is 0. The maximum atomic E-state index is 11.5. The third-order valence-corrected chi connectivity index (χ3v) is 10.2. The summed E-state index contributed by atoms with van der Waals surface area (Å²) < 4.78 is 11.1. The molecular weight excluding hydrogens is 412 g/mol. The Labute approximate surface area is 200 Å². The molecule has 6 atom stereocenters. The van der Waals surface area contributed by atoms with Crippen molar-refractivity contribution in [3.8, 4) is 0 Å². The maximum Gasteiger partial charge on any atom is 0.302 e. The molecule has 1 heterocycles. The van der Waals surface area contributed by atoms with Crippen LogP contribution in [0.5, 0.6) is 0 Å². The molecule has 1 saturated heterocycles. The predicted octanol–water partition coefficient (Wildman–Crippen LogP) is 5.04. The van der Waals surface area contributed by atoms with Crippen LogP contribution in [0.15, 0.2) is 16.6 Å². The SMILES string of the molecule is CC(=O)O[C@H]1CC[C@@]2(C)C(=CC[C@@H]3[C@@H]2CC[C@]2(C)C(=NCCCN4CCOCC4)CC[C@@H]32)C1. The normalized spacial score (nSPS) is 42.3. The van der Waals surface area contributed by atoms with E-state index in [1.165, 1.54) is 50.7 Å². The molecule has 0 spiro atoms. The minimum absolute atomic E-state index is 0.0925. The van der Waals surface area contributed by atoms with Gasteiger partial charge < -0.3 is 9.47 Å². The van der Waals surface area contributed by atoms with Crippen molar-refractivity contribution in [2.45, 2.75) is 84.7 Å². The number of esters is 1. The fourth-order valence-electron chi connectivity index (χ4n) is 8.34. The Balaban J connectivity index is 1.23. The van der Waals surface area contributed by atoms with E-state index in [2.05, 4.69) is 24.8 Å². The lowest BCUT2D eigenvalue weighted by molar-refractivity contribution is -0.148. The maximum absolute atomic E-state index is 11.5. The number of carbonyl (C=O) groups is 1. The third kappa shape index (κ3) is 4.45. The number of ether oxygens (including phenoxy) is 2. The highest BCUT2D eigenvalue weighted by Gasteiger charge is 2.57. The van der Waals surface area contributed by atoms with Crippen LogP contribution in [0.2, 0.25) is 0 Å². The van der Waals surface area contributed by atoms with Gasteiger partial charge in [0.05, 0.1) is 13.2 Å². The van der Waals surface area contributed by atoms with E-state index >= 15 is 0 Å². The average molecular weight is 457 g/mol. The Hall–Kier alpha value is -1.20. The molecule has 3 saturated carbocycles. The Bertz CT molecular complexity index is 801. The lowest BCUT2D eigenvalue weighted by Crippen LogP contribution is -2.50. The molecule has 33 heavy (non-hydrogen) atoms. The molecule has 5 rings (SSSR count). The quantitative estimate of drug-likeness (QED) is 0.330. The van der Waals surface area contributed by atoms with Gasteiger partial charge in [0.25, 0.3) is 0 Å². The Morgan fingerprint density at radius 1 is 1.15 bits per heavy atom. The van der Waals surface area contributed by atoms with Crippen LogP contribution in [0.4, 0.5) is 0 Å². The first-order valence-electron chi connectivity index (χ1n) is 13.6. The van der Waals surface area contributed by atoms with Crippen LogP contribution in [0.1, 0.15) is 78.6 Å². The van der Waals surface area contributed by atoms with Gasteiger partial charge in [0, 0.05) is 50.7 Å². The summed E-state index contributed by atoms with van der Waals surface area (Å²) in [6.45, 7) is 12.7. The van der Waals surface area contributed by atoms with Gasteiger partial charge >= 0.3 is 5.97 Å². The molecule has 0 aromatic carbocycles. The number of hydrogen-bond acceptors (Lipinski definition) is 5. The molecule has 4 fully saturated rings. The molecule has 0 radical (unpaired) electrons. The van der Waals surface area contributed by atoms with Gasteiger partial charge in [-0.3, -0.25) is 14.7 Å². The lowest BCUT2D eigenvalue weighted by Gasteiger charge is -2.57. The van der Waals surface area contributed by atoms with Gasteiger partial charge in [-0.15, -0.1) is 0 Å². The molecule has 0 aromatic heterocycles. The lowest BCUT2D eigenvalue weighted by atomic mass is 9.48. The summed E-state index contributed by atoms with van der Waals surface area (Å²) in [4.78, 5) is 19.2. The molecule has 5 nitrogen and oxygen atoms in total. The van der Waals surface area contributed by atoms with Gasteiger partial charge in [-0.1, -0.05) is 25.5 Å². The number of rotatable bonds is 5. The molecule has 0 unspecified atom stereocenters. The van der Waals surface area contributed by atoms with Gasteiger partial charge in [-0.05, 0) is 74.5 Å². The van der Waals surface area contributed by atoms with Gasteiger partial charge in [-0.25, -0.2) is 0 Å². The topological polar surface area (TPSA) is 51.1 Å². The van der Waals surface area contributed by atoms with Crippen LogP contribution < -0.4 is 0 Å². The van der Waals surface area contributed by atoms with E-state index in [-0.39, 0.29) is 12.1 Å². The van der Waals surface area contributed by atoms with E-state index in [9.17, 15) is 4.79 Å². The van der Waals surface area contributed by atoms with Crippen molar-refractivity contribution < 1.29 is 14.3 Å². The van der Waals surface area contributed by atoms with Gasteiger partial charge in [0.1, 0.15) is 6.10 Å². The summed E-state index contributed by atoms with van der Waals surface area (Å²) in [6, 6.07) is 0. The van der Waals surface area contributed by atoms with Crippen molar-refractivity contribution in [1.82, 2.24) is 4.90 Å². The fourth-order valence-corrected chi connectivity index (χ4v) is 8.34. The van der Waals surface area contributed by atoms with E-state index in [0.717, 1.165) is 70.0 Å². The van der Waals surface area contributed by atoms with E-state index in [1.807, 2.05) is 0 Å². The third-order valence-electron chi connectivity index (χ3n) is 10.2. The first kappa shape index (κ1) is 23.5. The average Bonchev–Trinajstić information content (AvgIpc) is 3.13. The second kappa shape index (κ2) is 9.45. The molecule has 0 bridgehead atoms. The predicted molar refractivity (Wildman–Crippen MR) is 131 cm³/mol. The molecule has 5 heteroatoms. The van der Waals surface area contributed by atoms with E-state index < -0.39 is 0 Å². The summed E-state index contributed by atoms with van der Waals surface area (Å²) in [6.07, 6.45) is 13.4. The monoisotopic (exact) mass is 456 g/mol. The number of carbonyl (C=O) groups excluding carboxylic acids is 1. The zero-order valence-corrected chi connectivity index (χ0v) is 21.1. The van der Waals surface area contributed by atoms with Gasteiger partial charge in [0.15, 0.2) is 0 Å². The van der Waals surface area contributed by atoms with Crippen molar-refractivity contribution in [3.63, 3.8) is 0 Å². The second-order valence-electron chi connectivity index (χ2n) is 11.9. The minimum Gasteiger partial charge on any atom is -0.462 e. The van der Waals surface area contributed by atoms with Crippen molar-refractivity contribution in [2.24, 2.45) is 33.6 Å². The number of fused-ring (bicyclic) bond motifs is 5. The number of aliphatic imine (C=N–C) groups is 1. The highest BCUT2D eigenvalue weighted by Crippen LogP contribution is 2.64. The molecule has 0 N–H and O–H groups in total. The number of nitrogens with zero attached hydrogens (tertiary/aromatic N) is 2. The standard InChI is InChI=1S/C28H44N2O3/c1-20(31)33-22-9-11-27(2)21(19-22)5-6-23-24-7-8-26(28(24,3)12-10-25(23)27)29-13-4-14-30-15-17-32-18-16-30/h5,22-25H,4,6-19H2,1-3H3/t22-,23-,24-,25-,27-,28-/m0/s1. The van der Waals surface area contributed by atoms with E-state index in [0.29, 0.717) is 10.8 Å². The van der Waals surface area contributed by atoms with Crippen LogP contribution >= 0.6 is 0 Å². The van der Waals surface area contributed by atoms with Gasteiger partial charge in [0.2, 0.25) is 0 Å². The zero-order chi connectivity index (χ0) is 23.1. The molecule has 184 valence electrons. The fraction of sp³-hybridized carbons (Fsp3) is 0.857. The van der Waals surface area contributed by atoms with Crippen molar-refractivity contribution in [1.29, 1.82) is 0 Å². The van der Waals surface area contributed by atoms with E-state index in [4.69, 9.17) is 14.5 Å². The molecule has 0 amide bonds. The first-order chi connectivity index (χ1) is 15.9. The van der Waals surface area contributed by atoms with Crippen molar-refractivity contribution in [3.05, 3.63) is 11.6 Å². The van der Waals surface area contributed by atoms with Crippen LogP contribution in [0.3, 0.4) is 0 Å². The molecule has 1 aliphatic heterocycles.